The van der Waals surface area contributed by atoms with Crippen LogP contribution in [0.4, 0.5) is 11.4 Å². The average Bonchev–Trinajstić information content (AvgIpc) is 3.35. The molecular formula is C26H25N5O3. The maximum absolute atomic E-state index is 11.9. The predicted octanol–water partition coefficient (Wildman–Crippen LogP) is 4.94. The van der Waals surface area contributed by atoms with Crippen LogP contribution >= 0.6 is 0 Å². The van der Waals surface area contributed by atoms with E-state index in [-0.39, 0.29) is 16.5 Å². The van der Waals surface area contributed by atoms with E-state index in [1.54, 1.807) is 6.07 Å². The van der Waals surface area contributed by atoms with E-state index in [9.17, 15) is 10.1 Å². The second-order valence-corrected chi connectivity index (χ2v) is 8.50. The van der Waals surface area contributed by atoms with Gasteiger partial charge < -0.3 is 9.42 Å². The van der Waals surface area contributed by atoms with Crippen LogP contribution in [-0.4, -0.2) is 46.1 Å². The van der Waals surface area contributed by atoms with Crippen molar-refractivity contribution in [3.8, 4) is 22.8 Å². The fraction of sp³-hybridized carbons (Fsp3) is 0.231. The van der Waals surface area contributed by atoms with Crippen LogP contribution in [-0.2, 0) is 6.54 Å². The molecule has 1 saturated heterocycles. The van der Waals surface area contributed by atoms with Gasteiger partial charge in [-0.15, -0.1) is 0 Å². The molecule has 0 N–H and O–H groups in total. The number of hydrogen-bond donors (Lipinski definition) is 0. The van der Waals surface area contributed by atoms with Crippen molar-refractivity contribution in [2.45, 2.75) is 13.5 Å². The second kappa shape index (κ2) is 9.44. The van der Waals surface area contributed by atoms with Crippen LogP contribution < -0.4 is 4.90 Å². The first-order chi connectivity index (χ1) is 16.6. The van der Waals surface area contributed by atoms with Crippen LogP contribution in [0, 0.1) is 17.0 Å². The summed E-state index contributed by atoms with van der Waals surface area (Å²) in [6.07, 6.45) is 0. The maximum Gasteiger partial charge on any atom is 0.293 e. The highest BCUT2D eigenvalue weighted by atomic mass is 16.6. The Hall–Kier alpha value is -4.04. The average molecular weight is 456 g/mol. The summed E-state index contributed by atoms with van der Waals surface area (Å²) in [4.78, 5) is 20.5. The summed E-state index contributed by atoms with van der Waals surface area (Å²) >= 11 is 0. The molecule has 3 aromatic carbocycles. The molecule has 0 spiro atoms. The van der Waals surface area contributed by atoms with Gasteiger partial charge in [-0.05, 0) is 30.7 Å². The van der Waals surface area contributed by atoms with E-state index in [4.69, 9.17) is 4.52 Å². The minimum atomic E-state index is -0.340. The molecule has 8 heteroatoms. The molecule has 0 atom stereocenters. The molecule has 172 valence electrons. The lowest BCUT2D eigenvalue weighted by atomic mass is 10.1. The first-order valence-corrected chi connectivity index (χ1v) is 11.3. The Kier molecular flexibility index (Phi) is 6.05. The number of nitrogens with zero attached hydrogens (tertiary/aromatic N) is 5. The third-order valence-corrected chi connectivity index (χ3v) is 6.08. The zero-order valence-electron chi connectivity index (χ0n) is 18.9. The van der Waals surface area contributed by atoms with Crippen molar-refractivity contribution in [3.63, 3.8) is 0 Å². The zero-order chi connectivity index (χ0) is 23.5. The van der Waals surface area contributed by atoms with Gasteiger partial charge in [0.25, 0.3) is 11.6 Å². The summed E-state index contributed by atoms with van der Waals surface area (Å²) in [5, 5.41) is 16.0. The van der Waals surface area contributed by atoms with Crippen LogP contribution in [0.2, 0.25) is 0 Å². The van der Waals surface area contributed by atoms with E-state index in [0.29, 0.717) is 17.1 Å². The van der Waals surface area contributed by atoms with Crippen molar-refractivity contribution in [1.82, 2.24) is 15.0 Å². The highest BCUT2D eigenvalue weighted by Gasteiger charge is 2.25. The number of nitro groups is 1. The quantitative estimate of drug-likeness (QED) is 0.300. The van der Waals surface area contributed by atoms with Crippen LogP contribution in [0.25, 0.3) is 22.8 Å². The first-order valence-electron chi connectivity index (χ1n) is 11.3. The van der Waals surface area contributed by atoms with Crippen molar-refractivity contribution in [2.75, 3.05) is 31.1 Å². The third-order valence-electron chi connectivity index (χ3n) is 6.08. The van der Waals surface area contributed by atoms with Gasteiger partial charge in [0.15, 0.2) is 0 Å². The first kappa shape index (κ1) is 21.8. The lowest BCUT2D eigenvalue weighted by Crippen LogP contribution is -2.46. The Morgan fingerprint density at radius 2 is 1.74 bits per heavy atom. The van der Waals surface area contributed by atoms with Gasteiger partial charge in [0.1, 0.15) is 5.69 Å². The summed E-state index contributed by atoms with van der Waals surface area (Å²) in [6, 6.07) is 23.3. The molecule has 1 aliphatic heterocycles. The topological polar surface area (TPSA) is 88.5 Å². The monoisotopic (exact) mass is 455 g/mol. The van der Waals surface area contributed by atoms with E-state index in [2.05, 4.69) is 32.1 Å². The van der Waals surface area contributed by atoms with E-state index in [0.717, 1.165) is 43.9 Å². The second-order valence-electron chi connectivity index (χ2n) is 8.50. The summed E-state index contributed by atoms with van der Waals surface area (Å²) in [5.41, 5.74) is 4.40. The molecule has 2 heterocycles. The van der Waals surface area contributed by atoms with Crippen molar-refractivity contribution < 1.29 is 9.45 Å². The van der Waals surface area contributed by atoms with E-state index in [1.165, 1.54) is 11.6 Å². The van der Waals surface area contributed by atoms with Crippen LogP contribution in [0.5, 0.6) is 0 Å². The summed E-state index contributed by atoms with van der Waals surface area (Å²) in [7, 11) is 0. The van der Waals surface area contributed by atoms with Gasteiger partial charge in [0.05, 0.1) is 4.92 Å². The number of rotatable bonds is 6. The molecule has 34 heavy (non-hydrogen) atoms. The van der Waals surface area contributed by atoms with Gasteiger partial charge in [-0.3, -0.25) is 15.0 Å². The van der Waals surface area contributed by atoms with Gasteiger partial charge in [0.2, 0.25) is 5.82 Å². The standard InChI is InChI=1S/C26H25N5O3/c1-19-6-5-9-21(16-19)25-27-26(34-28-25)22-10-11-23(24(17-22)31(32)33)30-14-12-29(13-15-30)18-20-7-3-2-4-8-20/h2-11,16-17H,12-15,18H2,1H3. The number of nitro benzene ring substituents is 1. The number of hydrogen-bond acceptors (Lipinski definition) is 7. The molecule has 0 unspecified atom stereocenters. The summed E-state index contributed by atoms with van der Waals surface area (Å²) < 4.78 is 5.43. The van der Waals surface area contributed by atoms with Crippen molar-refractivity contribution in [1.29, 1.82) is 0 Å². The van der Waals surface area contributed by atoms with E-state index < -0.39 is 0 Å². The SMILES string of the molecule is Cc1cccc(-c2noc(-c3ccc(N4CCN(Cc5ccccc5)CC4)c([N+](=O)[O-])c3)n2)c1. The van der Waals surface area contributed by atoms with Crippen molar-refractivity contribution in [2.24, 2.45) is 0 Å². The number of aryl methyl sites for hydroxylation is 1. The molecule has 0 saturated carbocycles. The number of piperazine rings is 1. The highest BCUT2D eigenvalue weighted by molar-refractivity contribution is 5.71. The molecule has 8 nitrogen and oxygen atoms in total. The minimum Gasteiger partial charge on any atom is -0.363 e. The van der Waals surface area contributed by atoms with Gasteiger partial charge >= 0.3 is 0 Å². The zero-order valence-corrected chi connectivity index (χ0v) is 18.9. The van der Waals surface area contributed by atoms with E-state index in [1.807, 2.05) is 55.5 Å². The number of aromatic nitrogens is 2. The molecule has 5 rings (SSSR count). The fourth-order valence-electron chi connectivity index (χ4n) is 4.30. The largest absolute Gasteiger partial charge is 0.363 e. The smallest absolute Gasteiger partial charge is 0.293 e. The third kappa shape index (κ3) is 4.67. The lowest BCUT2D eigenvalue weighted by molar-refractivity contribution is -0.384. The molecule has 0 amide bonds. The summed E-state index contributed by atoms with van der Waals surface area (Å²) in [6.45, 7) is 6.02. The Bertz CT molecular complexity index is 1300. The molecule has 1 aliphatic rings. The Balaban J connectivity index is 1.33. The normalized spacial score (nSPS) is 14.3. The molecule has 0 radical (unpaired) electrons. The Labute approximate surface area is 197 Å². The number of benzene rings is 3. The maximum atomic E-state index is 11.9. The molecule has 4 aromatic rings. The summed E-state index contributed by atoms with van der Waals surface area (Å²) in [5.74, 6) is 0.721. The highest BCUT2D eigenvalue weighted by Crippen LogP contribution is 2.34. The molecule has 0 bridgehead atoms. The molecule has 1 aromatic heterocycles. The van der Waals surface area contributed by atoms with Crippen LogP contribution in [0.3, 0.4) is 0 Å². The van der Waals surface area contributed by atoms with Crippen molar-refractivity contribution in [3.05, 3.63) is 94.0 Å². The van der Waals surface area contributed by atoms with Gasteiger partial charge in [0, 0.05) is 49.9 Å². The van der Waals surface area contributed by atoms with Gasteiger partial charge in [-0.1, -0.05) is 59.3 Å². The van der Waals surface area contributed by atoms with E-state index >= 15 is 0 Å². The van der Waals surface area contributed by atoms with Crippen molar-refractivity contribution >= 4 is 11.4 Å². The van der Waals surface area contributed by atoms with Crippen LogP contribution in [0.1, 0.15) is 11.1 Å². The van der Waals surface area contributed by atoms with Gasteiger partial charge in [-0.2, -0.15) is 4.98 Å². The van der Waals surface area contributed by atoms with Crippen LogP contribution in [0.15, 0.2) is 77.3 Å². The Morgan fingerprint density at radius 1 is 0.941 bits per heavy atom. The molecule has 0 aliphatic carbocycles. The predicted molar refractivity (Wildman–Crippen MR) is 130 cm³/mol. The van der Waals surface area contributed by atoms with Gasteiger partial charge in [-0.25, -0.2) is 0 Å². The molecule has 1 fully saturated rings. The number of anilines is 1. The Morgan fingerprint density at radius 3 is 2.47 bits per heavy atom. The lowest BCUT2D eigenvalue weighted by Gasteiger charge is -2.35. The minimum absolute atomic E-state index is 0.0457. The fourth-order valence-corrected chi connectivity index (χ4v) is 4.30. The molecular weight excluding hydrogens is 430 g/mol.